The number of sulfone groups is 1. The van der Waals surface area contributed by atoms with E-state index in [1.54, 1.807) is 11.3 Å². The third-order valence-corrected chi connectivity index (χ3v) is 6.32. The summed E-state index contributed by atoms with van der Waals surface area (Å²) in [5, 5.41) is 2.56. The summed E-state index contributed by atoms with van der Waals surface area (Å²) in [7, 11) is -1.55. The van der Waals surface area contributed by atoms with Gasteiger partial charge in [0.25, 0.3) is 0 Å². The van der Waals surface area contributed by atoms with Gasteiger partial charge in [-0.25, -0.2) is 8.42 Å². The first-order valence-corrected chi connectivity index (χ1v) is 9.52. The van der Waals surface area contributed by atoms with E-state index in [-0.39, 0.29) is 10.7 Å². The summed E-state index contributed by atoms with van der Waals surface area (Å²) in [5.74, 6) is 0.0710. The Morgan fingerprint density at radius 3 is 2.74 bits per heavy atom. The predicted octanol–water partition coefficient (Wildman–Crippen LogP) is 2.59. The number of hydrogen-bond donors (Lipinski definition) is 1. The summed E-state index contributed by atoms with van der Waals surface area (Å²) >= 11 is 6.10. The molecule has 0 radical (unpaired) electrons. The zero-order valence-corrected chi connectivity index (χ0v) is 14.3. The topological polar surface area (TPSA) is 76.3 Å². The zero-order chi connectivity index (χ0) is 14.2. The van der Waals surface area contributed by atoms with Gasteiger partial charge in [-0.2, -0.15) is 4.37 Å². The Morgan fingerprint density at radius 2 is 2.21 bits per heavy atom. The highest BCUT2D eigenvalue weighted by atomic mass is 79.9. The van der Waals surface area contributed by atoms with E-state index >= 15 is 0 Å². The van der Waals surface area contributed by atoms with Crippen LogP contribution in [0.3, 0.4) is 0 Å². The average Bonchev–Trinajstić information content (AvgIpc) is 2.84. The van der Waals surface area contributed by atoms with Gasteiger partial charge in [0.2, 0.25) is 0 Å². The molecule has 2 rings (SSSR count). The normalized spacial score (nSPS) is 11.7. The number of nitrogens with two attached hydrogens (primary N) is 1. The Bertz CT molecular complexity index is 693. The monoisotopic (exact) mass is 381 g/mol. The second-order valence-corrected chi connectivity index (χ2v) is 8.68. The molecule has 2 aromatic heterocycles. The number of rotatable bonds is 4. The molecule has 0 unspecified atom stereocenters. The van der Waals surface area contributed by atoms with Gasteiger partial charge in [-0.15, -0.1) is 11.3 Å². The second-order valence-electron chi connectivity index (χ2n) is 4.06. The van der Waals surface area contributed by atoms with Crippen LogP contribution in [-0.2, 0) is 16.4 Å². The van der Waals surface area contributed by atoms with Crippen molar-refractivity contribution in [2.75, 3.05) is 23.9 Å². The van der Waals surface area contributed by atoms with Crippen molar-refractivity contribution >= 4 is 59.5 Å². The molecule has 2 aromatic rings. The maximum Gasteiger partial charge on any atom is 0.182 e. The molecule has 2 heterocycles. The number of nitrogens with zero attached hydrogens (tertiary/aromatic N) is 2. The number of anilines is 2. The summed E-state index contributed by atoms with van der Waals surface area (Å²) in [6.07, 6.45) is 1.15. The number of halogens is 1. The largest absolute Gasteiger partial charge is 0.382 e. The van der Waals surface area contributed by atoms with Crippen molar-refractivity contribution in [1.29, 1.82) is 0 Å². The van der Waals surface area contributed by atoms with E-state index in [0.717, 1.165) is 27.1 Å². The lowest BCUT2D eigenvalue weighted by Gasteiger charge is -2.17. The minimum absolute atomic E-state index is 0.0710. The summed E-state index contributed by atoms with van der Waals surface area (Å²) < 4.78 is 28.5. The van der Waals surface area contributed by atoms with Crippen LogP contribution in [0, 0.1) is 0 Å². The molecule has 0 bridgehead atoms. The molecule has 2 N–H and O–H groups in total. The fourth-order valence-corrected chi connectivity index (χ4v) is 5.31. The van der Waals surface area contributed by atoms with Crippen molar-refractivity contribution in [3.63, 3.8) is 0 Å². The molecular formula is C10H12BrN3O2S3. The van der Waals surface area contributed by atoms with Crippen molar-refractivity contribution < 1.29 is 8.42 Å². The first-order chi connectivity index (χ1) is 8.79. The molecule has 0 atom stereocenters. The van der Waals surface area contributed by atoms with E-state index < -0.39 is 9.84 Å². The lowest BCUT2D eigenvalue weighted by Crippen LogP contribution is -2.17. The summed E-state index contributed by atoms with van der Waals surface area (Å²) in [4.78, 5) is 3.10. The molecule has 0 fully saturated rings. The van der Waals surface area contributed by atoms with E-state index in [9.17, 15) is 8.42 Å². The van der Waals surface area contributed by atoms with Gasteiger partial charge < -0.3 is 10.6 Å². The van der Waals surface area contributed by atoms with Crippen molar-refractivity contribution in [1.82, 2.24) is 4.37 Å². The lowest BCUT2D eigenvalue weighted by molar-refractivity contribution is 0.602. The first-order valence-electron chi connectivity index (χ1n) is 5.18. The van der Waals surface area contributed by atoms with Crippen molar-refractivity contribution in [2.45, 2.75) is 11.4 Å². The zero-order valence-electron chi connectivity index (χ0n) is 10.3. The highest BCUT2D eigenvalue weighted by molar-refractivity contribution is 9.10. The smallest absolute Gasteiger partial charge is 0.182 e. The van der Waals surface area contributed by atoms with Gasteiger partial charge in [-0.1, -0.05) is 0 Å². The third-order valence-electron chi connectivity index (χ3n) is 2.39. The number of thiophene rings is 1. The quantitative estimate of drug-likeness (QED) is 0.880. The van der Waals surface area contributed by atoms with Gasteiger partial charge in [0.05, 0.1) is 6.54 Å². The van der Waals surface area contributed by atoms with Crippen LogP contribution >= 0.6 is 38.8 Å². The molecule has 9 heteroatoms. The molecule has 0 spiro atoms. The van der Waals surface area contributed by atoms with Crippen LogP contribution in [0.15, 0.2) is 20.8 Å². The molecular weight excluding hydrogens is 370 g/mol. The molecule has 19 heavy (non-hydrogen) atoms. The Hall–Kier alpha value is -0.640. The molecule has 0 aliphatic heterocycles. The summed E-state index contributed by atoms with van der Waals surface area (Å²) in [6.45, 7) is 0.612. The predicted molar refractivity (Wildman–Crippen MR) is 83.8 cm³/mol. The lowest BCUT2D eigenvalue weighted by atomic mass is 10.4. The van der Waals surface area contributed by atoms with E-state index in [1.807, 2.05) is 23.4 Å². The molecule has 104 valence electrons. The minimum atomic E-state index is -3.38. The van der Waals surface area contributed by atoms with E-state index in [1.165, 1.54) is 0 Å². The highest BCUT2D eigenvalue weighted by Crippen LogP contribution is 2.35. The Labute approximate surface area is 128 Å². The van der Waals surface area contributed by atoms with Crippen LogP contribution in [0.25, 0.3) is 0 Å². The number of hydrogen-bond acceptors (Lipinski definition) is 7. The maximum absolute atomic E-state index is 11.8. The SMILES string of the molecule is CN(Cc1cc(Br)cs1)c1snc(N)c1S(C)(=O)=O. The fourth-order valence-electron chi connectivity index (χ4n) is 1.62. The van der Waals surface area contributed by atoms with Crippen LogP contribution in [0.5, 0.6) is 0 Å². The van der Waals surface area contributed by atoms with Gasteiger partial charge in [-0.05, 0) is 33.5 Å². The van der Waals surface area contributed by atoms with Crippen LogP contribution in [0.2, 0.25) is 0 Å². The molecule has 0 aliphatic rings. The van der Waals surface area contributed by atoms with Gasteiger partial charge in [0.15, 0.2) is 15.7 Å². The molecule has 0 aromatic carbocycles. The van der Waals surface area contributed by atoms with Gasteiger partial charge >= 0.3 is 0 Å². The Kier molecular flexibility index (Phi) is 4.19. The maximum atomic E-state index is 11.8. The van der Waals surface area contributed by atoms with Crippen LogP contribution in [-0.4, -0.2) is 26.1 Å². The number of aromatic nitrogens is 1. The summed E-state index contributed by atoms with van der Waals surface area (Å²) in [5.41, 5.74) is 5.65. The van der Waals surface area contributed by atoms with Gasteiger partial charge in [0, 0.05) is 28.0 Å². The standard InChI is InChI=1S/C10H12BrN3O2S3/c1-14(4-7-3-6(11)5-17-7)10-8(19(2,15)16)9(12)13-18-10/h3,5H,4H2,1-2H3,(H2,12,13). The van der Waals surface area contributed by atoms with Crippen molar-refractivity contribution in [3.8, 4) is 0 Å². The minimum Gasteiger partial charge on any atom is -0.382 e. The van der Waals surface area contributed by atoms with E-state index in [4.69, 9.17) is 5.73 Å². The van der Waals surface area contributed by atoms with Crippen molar-refractivity contribution in [2.24, 2.45) is 0 Å². The summed E-state index contributed by atoms with van der Waals surface area (Å²) in [6, 6.07) is 2.01. The second kappa shape index (κ2) is 5.39. The Balaban J connectivity index is 2.32. The van der Waals surface area contributed by atoms with E-state index in [0.29, 0.717) is 11.5 Å². The first kappa shape index (κ1) is 14.8. The van der Waals surface area contributed by atoms with Crippen LogP contribution < -0.4 is 10.6 Å². The Morgan fingerprint density at radius 1 is 1.53 bits per heavy atom. The molecule has 0 amide bonds. The highest BCUT2D eigenvalue weighted by Gasteiger charge is 2.23. The fraction of sp³-hybridized carbons (Fsp3) is 0.300. The molecule has 0 aliphatic carbocycles. The average molecular weight is 382 g/mol. The van der Waals surface area contributed by atoms with Crippen LogP contribution in [0.1, 0.15) is 4.88 Å². The molecule has 0 saturated heterocycles. The van der Waals surface area contributed by atoms with Gasteiger partial charge in [0.1, 0.15) is 9.90 Å². The number of nitrogen functional groups attached to an aromatic ring is 1. The molecule has 5 nitrogen and oxygen atoms in total. The van der Waals surface area contributed by atoms with Gasteiger partial charge in [-0.3, -0.25) is 0 Å². The van der Waals surface area contributed by atoms with Crippen molar-refractivity contribution in [3.05, 3.63) is 20.8 Å². The van der Waals surface area contributed by atoms with E-state index in [2.05, 4.69) is 20.3 Å². The van der Waals surface area contributed by atoms with Crippen LogP contribution in [0.4, 0.5) is 10.8 Å². The molecule has 0 saturated carbocycles. The third kappa shape index (κ3) is 3.28.